The summed E-state index contributed by atoms with van der Waals surface area (Å²) in [5, 5.41) is 0. The van der Waals surface area contributed by atoms with Crippen LogP contribution in [-0.4, -0.2) is 18.1 Å². The second-order valence-corrected chi connectivity index (χ2v) is 3.83. The van der Waals surface area contributed by atoms with Gasteiger partial charge in [0.15, 0.2) is 0 Å². The molecule has 0 unspecified atom stereocenters. The SMILES string of the molecule is COC(=O)c1ccnc(Cc2cccc(F)c2)c1. The van der Waals surface area contributed by atoms with Crippen molar-refractivity contribution >= 4 is 5.97 Å². The van der Waals surface area contributed by atoms with E-state index in [4.69, 9.17) is 0 Å². The number of benzene rings is 1. The van der Waals surface area contributed by atoms with Crippen molar-refractivity contribution in [2.24, 2.45) is 0 Å². The molecule has 0 amide bonds. The summed E-state index contributed by atoms with van der Waals surface area (Å²) >= 11 is 0. The zero-order valence-electron chi connectivity index (χ0n) is 9.89. The van der Waals surface area contributed by atoms with Crippen LogP contribution in [0.2, 0.25) is 0 Å². The van der Waals surface area contributed by atoms with E-state index in [1.54, 1.807) is 24.4 Å². The Morgan fingerprint density at radius 2 is 2.17 bits per heavy atom. The third kappa shape index (κ3) is 2.91. The number of carbonyl (C=O) groups is 1. The van der Waals surface area contributed by atoms with E-state index in [2.05, 4.69) is 9.72 Å². The van der Waals surface area contributed by atoms with Gasteiger partial charge in [0.05, 0.1) is 12.7 Å². The van der Waals surface area contributed by atoms with E-state index < -0.39 is 5.97 Å². The van der Waals surface area contributed by atoms with Gasteiger partial charge in [0.2, 0.25) is 0 Å². The predicted octanol–water partition coefficient (Wildman–Crippen LogP) is 2.60. The van der Waals surface area contributed by atoms with Crippen molar-refractivity contribution in [3.05, 3.63) is 65.2 Å². The number of esters is 1. The van der Waals surface area contributed by atoms with E-state index in [0.717, 1.165) is 5.56 Å². The summed E-state index contributed by atoms with van der Waals surface area (Å²) in [5.74, 6) is -0.686. The zero-order valence-corrected chi connectivity index (χ0v) is 9.89. The fraction of sp³-hybridized carbons (Fsp3) is 0.143. The van der Waals surface area contributed by atoms with Crippen molar-refractivity contribution < 1.29 is 13.9 Å². The average molecular weight is 245 g/mol. The standard InChI is InChI=1S/C14H12FNO2/c1-18-14(17)11-5-6-16-13(9-11)8-10-3-2-4-12(15)7-10/h2-7,9H,8H2,1H3. The maximum atomic E-state index is 13.0. The first-order valence-corrected chi connectivity index (χ1v) is 5.47. The maximum absolute atomic E-state index is 13.0. The molecule has 0 aliphatic rings. The Bertz CT molecular complexity index is 569. The Kier molecular flexibility index (Phi) is 3.67. The highest BCUT2D eigenvalue weighted by molar-refractivity contribution is 5.89. The Labute approximate surface area is 104 Å². The largest absolute Gasteiger partial charge is 0.465 e. The van der Waals surface area contributed by atoms with Crippen molar-refractivity contribution in [2.75, 3.05) is 7.11 Å². The van der Waals surface area contributed by atoms with E-state index in [1.165, 1.54) is 19.2 Å². The number of nitrogens with zero attached hydrogens (tertiary/aromatic N) is 1. The normalized spacial score (nSPS) is 10.1. The third-order valence-corrected chi connectivity index (χ3v) is 2.51. The number of halogens is 1. The Morgan fingerprint density at radius 3 is 2.89 bits per heavy atom. The molecule has 0 N–H and O–H groups in total. The summed E-state index contributed by atoms with van der Waals surface area (Å²) < 4.78 is 17.7. The molecular weight excluding hydrogens is 233 g/mol. The van der Waals surface area contributed by atoms with Crippen LogP contribution in [0.15, 0.2) is 42.6 Å². The number of hydrogen-bond acceptors (Lipinski definition) is 3. The van der Waals surface area contributed by atoms with Crippen LogP contribution >= 0.6 is 0 Å². The minimum absolute atomic E-state index is 0.281. The number of pyridine rings is 1. The van der Waals surface area contributed by atoms with Crippen LogP contribution in [0.1, 0.15) is 21.6 Å². The highest BCUT2D eigenvalue weighted by Gasteiger charge is 2.07. The summed E-state index contributed by atoms with van der Waals surface area (Å²) in [6.45, 7) is 0. The van der Waals surface area contributed by atoms with Crippen molar-refractivity contribution in [3.63, 3.8) is 0 Å². The van der Waals surface area contributed by atoms with Crippen molar-refractivity contribution in [1.29, 1.82) is 0 Å². The number of carbonyl (C=O) groups excluding carboxylic acids is 1. The molecule has 0 saturated heterocycles. The van der Waals surface area contributed by atoms with Gasteiger partial charge in [0.1, 0.15) is 5.82 Å². The van der Waals surface area contributed by atoms with Gasteiger partial charge < -0.3 is 4.74 Å². The molecule has 1 aromatic heterocycles. The maximum Gasteiger partial charge on any atom is 0.337 e. The van der Waals surface area contributed by atoms with Crippen LogP contribution in [0.5, 0.6) is 0 Å². The summed E-state index contributed by atoms with van der Waals surface area (Å²) in [6, 6.07) is 9.54. The number of aromatic nitrogens is 1. The molecular formula is C14H12FNO2. The van der Waals surface area contributed by atoms with E-state index in [1.807, 2.05) is 6.07 Å². The summed E-state index contributed by atoms with van der Waals surface area (Å²) in [5.41, 5.74) is 1.95. The second-order valence-electron chi connectivity index (χ2n) is 3.83. The van der Waals surface area contributed by atoms with E-state index in [-0.39, 0.29) is 5.82 Å². The quantitative estimate of drug-likeness (QED) is 0.780. The van der Waals surface area contributed by atoms with Crippen molar-refractivity contribution in [3.8, 4) is 0 Å². The van der Waals surface area contributed by atoms with Crippen LogP contribution in [0.3, 0.4) is 0 Å². The second kappa shape index (κ2) is 5.40. The Hall–Kier alpha value is -2.23. The van der Waals surface area contributed by atoms with Gasteiger partial charge in [0, 0.05) is 18.3 Å². The van der Waals surface area contributed by atoms with E-state index >= 15 is 0 Å². The third-order valence-electron chi connectivity index (χ3n) is 2.51. The first-order chi connectivity index (χ1) is 8.69. The molecule has 0 aliphatic carbocycles. The van der Waals surface area contributed by atoms with Crippen LogP contribution in [0, 0.1) is 5.82 Å². The molecule has 0 atom stereocenters. The molecule has 0 aliphatic heterocycles. The van der Waals surface area contributed by atoms with Gasteiger partial charge in [-0.3, -0.25) is 4.98 Å². The summed E-state index contributed by atoms with van der Waals surface area (Å²) in [6.07, 6.45) is 2.02. The molecule has 0 fully saturated rings. The lowest BCUT2D eigenvalue weighted by Gasteiger charge is -2.03. The fourth-order valence-corrected chi connectivity index (χ4v) is 1.68. The van der Waals surface area contributed by atoms with Gasteiger partial charge in [-0.15, -0.1) is 0 Å². The number of methoxy groups -OCH3 is 1. The topological polar surface area (TPSA) is 39.2 Å². The van der Waals surface area contributed by atoms with Crippen molar-refractivity contribution in [2.45, 2.75) is 6.42 Å². The first-order valence-electron chi connectivity index (χ1n) is 5.47. The minimum Gasteiger partial charge on any atom is -0.465 e. The lowest BCUT2D eigenvalue weighted by Crippen LogP contribution is -2.03. The van der Waals surface area contributed by atoms with Gasteiger partial charge in [-0.2, -0.15) is 0 Å². The van der Waals surface area contributed by atoms with E-state index in [0.29, 0.717) is 17.7 Å². The van der Waals surface area contributed by atoms with Crippen LogP contribution in [0.4, 0.5) is 4.39 Å². The number of rotatable bonds is 3. The van der Waals surface area contributed by atoms with Crippen LogP contribution < -0.4 is 0 Å². The highest BCUT2D eigenvalue weighted by Crippen LogP contribution is 2.11. The molecule has 92 valence electrons. The molecule has 1 aromatic carbocycles. The lowest BCUT2D eigenvalue weighted by atomic mass is 10.1. The molecule has 0 saturated carbocycles. The minimum atomic E-state index is -0.405. The van der Waals surface area contributed by atoms with Gasteiger partial charge >= 0.3 is 5.97 Å². The molecule has 0 spiro atoms. The van der Waals surface area contributed by atoms with E-state index in [9.17, 15) is 9.18 Å². The van der Waals surface area contributed by atoms with Crippen molar-refractivity contribution in [1.82, 2.24) is 4.98 Å². The van der Waals surface area contributed by atoms with Gasteiger partial charge in [-0.1, -0.05) is 12.1 Å². The molecule has 4 heteroatoms. The molecule has 2 aromatic rings. The van der Waals surface area contributed by atoms with Gasteiger partial charge in [-0.05, 0) is 29.8 Å². The summed E-state index contributed by atoms with van der Waals surface area (Å²) in [4.78, 5) is 15.5. The number of ether oxygens (including phenoxy) is 1. The monoisotopic (exact) mass is 245 g/mol. The van der Waals surface area contributed by atoms with Crippen LogP contribution in [0.25, 0.3) is 0 Å². The average Bonchev–Trinajstić information content (AvgIpc) is 2.38. The fourth-order valence-electron chi connectivity index (χ4n) is 1.68. The molecule has 2 rings (SSSR count). The Morgan fingerprint density at radius 1 is 1.33 bits per heavy atom. The molecule has 3 nitrogen and oxygen atoms in total. The molecule has 1 heterocycles. The molecule has 0 bridgehead atoms. The zero-order chi connectivity index (χ0) is 13.0. The highest BCUT2D eigenvalue weighted by atomic mass is 19.1. The smallest absolute Gasteiger partial charge is 0.337 e. The predicted molar refractivity (Wildman–Crippen MR) is 64.8 cm³/mol. The number of hydrogen-bond donors (Lipinski definition) is 0. The summed E-state index contributed by atoms with van der Waals surface area (Å²) in [7, 11) is 1.33. The van der Waals surface area contributed by atoms with Gasteiger partial charge in [-0.25, -0.2) is 9.18 Å². The first kappa shape index (κ1) is 12.2. The molecule has 0 radical (unpaired) electrons. The Balaban J connectivity index is 2.22. The van der Waals surface area contributed by atoms with Crippen LogP contribution in [-0.2, 0) is 11.2 Å². The van der Waals surface area contributed by atoms with Gasteiger partial charge in [0.25, 0.3) is 0 Å². The molecule has 18 heavy (non-hydrogen) atoms. The lowest BCUT2D eigenvalue weighted by molar-refractivity contribution is 0.0600.